The van der Waals surface area contributed by atoms with Crippen LogP contribution in [0.15, 0.2) is 24.3 Å². The fourth-order valence-corrected chi connectivity index (χ4v) is 1.38. The van der Waals surface area contributed by atoms with Gasteiger partial charge in [0, 0.05) is 5.69 Å². The zero-order valence-electron chi connectivity index (χ0n) is 6.99. The van der Waals surface area contributed by atoms with Gasteiger partial charge in [-0.15, -0.1) is 12.4 Å². The van der Waals surface area contributed by atoms with E-state index in [-0.39, 0.29) is 24.4 Å². The summed E-state index contributed by atoms with van der Waals surface area (Å²) in [5.41, 5.74) is 7.59. The lowest BCUT2D eigenvalue weighted by atomic mass is 10.00. The van der Waals surface area contributed by atoms with Gasteiger partial charge < -0.3 is 11.1 Å². The summed E-state index contributed by atoms with van der Waals surface area (Å²) < 4.78 is 0. The van der Waals surface area contributed by atoms with Crippen molar-refractivity contribution in [3.8, 4) is 0 Å². The standard InChI is InChI=1S/C9H10N2O.ClH/c10-7-5-6-3-1-2-4-8(6)11-9(7)12;/h1-4,7H,5,10H2,(H,11,12);1H. The summed E-state index contributed by atoms with van der Waals surface area (Å²) in [6.07, 6.45) is 0.641. The molecule has 0 bridgehead atoms. The average molecular weight is 199 g/mol. The Morgan fingerprint density at radius 3 is 2.85 bits per heavy atom. The maximum absolute atomic E-state index is 11.1. The molecule has 4 heteroatoms. The monoisotopic (exact) mass is 198 g/mol. The summed E-state index contributed by atoms with van der Waals surface area (Å²) in [6.45, 7) is 0. The molecule has 1 unspecified atom stereocenters. The van der Waals surface area contributed by atoms with Gasteiger partial charge in [0.1, 0.15) is 0 Å². The normalized spacial score (nSPS) is 19.8. The van der Waals surface area contributed by atoms with Gasteiger partial charge in [0.15, 0.2) is 0 Å². The number of anilines is 1. The maximum atomic E-state index is 11.1. The van der Waals surface area contributed by atoms with Crippen LogP contribution in [0.25, 0.3) is 0 Å². The summed E-state index contributed by atoms with van der Waals surface area (Å²) in [6, 6.07) is 7.33. The first-order valence-corrected chi connectivity index (χ1v) is 3.92. The highest BCUT2D eigenvalue weighted by atomic mass is 35.5. The van der Waals surface area contributed by atoms with E-state index in [1.807, 2.05) is 24.3 Å². The number of hydrogen-bond acceptors (Lipinski definition) is 2. The number of nitrogens with two attached hydrogens (primary N) is 1. The van der Waals surface area contributed by atoms with Gasteiger partial charge >= 0.3 is 0 Å². The Morgan fingerprint density at radius 1 is 1.38 bits per heavy atom. The van der Waals surface area contributed by atoms with Crippen LogP contribution in [0.5, 0.6) is 0 Å². The molecule has 70 valence electrons. The number of carbonyl (C=O) groups is 1. The van der Waals surface area contributed by atoms with Gasteiger partial charge in [0.2, 0.25) is 5.91 Å². The Bertz CT molecular complexity index is 327. The zero-order chi connectivity index (χ0) is 8.55. The topological polar surface area (TPSA) is 55.1 Å². The molecule has 0 spiro atoms. The van der Waals surface area contributed by atoms with Crippen LogP contribution in [0.3, 0.4) is 0 Å². The summed E-state index contributed by atoms with van der Waals surface area (Å²) in [5, 5.41) is 2.75. The SMILES string of the molecule is Cl.NC1Cc2ccccc2NC1=O. The first-order chi connectivity index (χ1) is 5.77. The molecule has 0 fully saturated rings. The van der Waals surface area contributed by atoms with Crippen LogP contribution in [0, 0.1) is 0 Å². The lowest BCUT2D eigenvalue weighted by Gasteiger charge is -2.21. The lowest BCUT2D eigenvalue weighted by molar-refractivity contribution is -0.117. The number of rotatable bonds is 0. The average Bonchev–Trinajstić information content (AvgIpc) is 2.07. The molecule has 3 nitrogen and oxygen atoms in total. The fraction of sp³-hybridized carbons (Fsp3) is 0.222. The van der Waals surface area contributed by atoms with E-state index in [0.717, 1.165) is 11.3 Å². The molecule has 1 aliphatic rings. The molecule has 13 heavy (non-hydrogen) atoms. The molecule has 0 saturated heterocycles. The minimum atomic E-state index is -0.389. The third-order valence-electron chi connectivity index (χ3n) is 2.05. The second-order valence-corrected chi connectivity index (χ2v) is 2.96. The summed E-state index contributed by atoms with van der Waals surface area (Å²) in [7, 11) is 0. The van der Waals surface area contributed by atoms with Gasteiger partial charge in [-0.25, -0.2) is 0 Å². The predicted octanol–water partition coefficient (Wildman–Crippen LogP) is 0.930. The smallest absolute Gasteiger partial charge is 0.241 e. The molecular weight excluding hydrogens is 188 g/mol. The number of nitrogens with one attached hydrogen (secondary N) is 1. The number of fused-ring (bicyclic) bond motifs is 1. The van der Waals surface area contributed by atoms with Crippen molar-refractivity contribution >= 4 is 24.0 Å². The van der Waals surface area contributed by atoms with Crippen LogP contribution in [0.1, 0.15) is 5.56 Å². The molecule has 3 N–H and O–H groups in total. The van der Waals surface area contributed by atoms with Crippen LogP contribution in [0.4, 0.5) is 5.69 Å². The minimum absolute atomic E-state index is 0. The van der Waals surface area contributed by atoms with Gasteiger partial charge in [-0.3, -0.25) is 4.79 Å². The van der Waals surface area contributed by atoms with Crippen molar-refractivity contribution in [2.45, 2.75) is 12.5 Å². The third kappa shape index (κ3) is 1.82. The van der Waals surface area contributed by atoms with Crippen molar-refractivity contribution in [3.63, 3.8) is 0 Å². The maximum Gasteiger partial charge on any atom is 0.241 e. The molecular formula is C9H11ClN2O. The van der Waals surface area contributed by atoms with E-state index in [4.69, 9.17) is 5.73 Å². The predicted molar refractivity (Wildman–Crippen MR) is 54.0 cm³/mol. The van der Waals surface area contributed by atoms with E-state index in [9.17, 15) is 4.79 Å². The van der Waals surface area contributed by atoms with Crippen LogP contribution in [-0.2, 0) is 11.2 Å². The summed E-state index contributed by atoms with van der Waals surface area (Å²) in [4.78, 5) is 11.1. The van der Waals surface area contributed by atoms with Crippen LogP contribution in [0.2, 0.25) is 0 Å². The number of hydrogen-bond donors (Lipinski definition) is 2. The molecule has 1 amide bonds. The van der Waals surface area contributed by atoms with Crippen LogP contribution < -0.4 is 11.1 Å². The quantitative estimate of drug-likeness (QED) is 0.652. The van der Waals surface area contributed by atoms with Crippen molar-refractivity contribution in [1.82, 2.24) is 0 Å². The van der Waals surface area contributed by atoms with Gasteiger partial charge in [-0.2, -0.15) is 0 Å². The minimum Gasteiger partial charge on any atom is -0.324 e. The van der Waals surface area contributed by atoms with E-state index >= 15 is 0 Å². The van der Waals surface area contributed by atoms with Crippen molar-refractivity contribution in [2.24, 2.45) is 5.73 Å². The molecule has 0 aliphatic carbocycles. The first kappa shape index (κ1) is 10.0. The Balaban J connectivity index is 0.000000845. The molecule has 1 atom stereocenters. The first-order valence-electron chi connectivity index (χ1n) is 3.92. The molecule has 1 aliphatic heterocycles. The van der Waals surface area contributed by atoms with Crippen molar-refractivity contribution < 1.29 is 4.79 Å². The van der Waals surface area contributed by atoms with E-state index in [2.05, 4.69) is 5.32 Å². The molecule has 0 radical (unpaired) electrons. The van der Waals surface area contributed by atoms with E-state index in [0.29, 0.717) is 6.42 Å². The van der Waals surface area contributed by atoms with Crippen molar-refractivity contribution in [3.05, 3.63) is 29.8 Å². The number of halogens is 1. The largest absolute Gasteiger partial charge is 0.324 e. The summed E-state index contributed by atoms with van der Waals surface area (Å²) >= 11 is 0. The Hall–Kier alpha value is -1.06. The Morgan fingerprint density at radius 2 is 2.08 bits per heavy atom. The number of para-hydroxylation sites is 1. The third-order valence-corrected chi connectivity index (χ3v) is 2.05. The highest BCUT2D eigenvalue weighted by Gasteiger charge is 2.21. The second kappa shape index (κ2) is 3.77. The van der Waals surface area contributed by atoms with Gasteiger partial charge in [-0.1, -0.05) is 18.2 Å². The van der Waals surface area contributed by atoms with E-state index in [1.165, 1.54) is 0 Å². The van der Waals surface area contributed by atoms with Crippen molar-refractivity contribution in [2.75, 3.05) is 5.32 Å². The second-order valence-electron chi connectivity index (χ2n) is 2.96. The number of benzene rings is 1. The van der Waals surface area contributed by atoms with Gasteiger partial charge in [-0.05, 0) is 18.1 Å². The Labute approximate surface area is 82.7 Å². The van der Waals surface area contributed by atoms with E-state index < -0.39 is 0 Å². The van der Waals surface area contributed by atoms with Crippen LogP contribution in [-0.4, -0.2) is 11.9 Å². The Kier molecular flexibility index (Phi) is 2.90. The zero-order valence-corrected chi connectivity index (χ0v) is 7.80. The van der Waals surface area contributed by atoms with Crippen molar-refractivity contribution in [1.29, 1.82) is 0 Å². The van der Waals surface area contributed by atoms with Gasteiger partial charge in [0.05, 0.1) is 6.04 Å². The van der Waals surface area contributed by atoms with Crippen LogP contribution >= 0.6 is 12.4 Å². The molecule has 0 saturated carbocycles. The van der Waals surface area contributed by atoms with E-state index in [1.54, 1.807) is 0 Å². The number of amides is 1. The van der Waals surface area contributed by atoms with Gasteiger partial charge in [0.25, 0.3) is 0 Å². The summed E-state index contributed by atoms with van der Waals surface area (Å²) in [5.74, 6) is -0.0892. The molecule has 1 aromatic rings. The molecule has 1 aromatic carbocycles. The number of carbonyl (C=O) groups excluding carboxylic acids is 1. The molecule has 0 aromatic heterocycles. The molecule has 2 rings (SSSR count). The lowest BCUT2D eigenvalue weighted by Crippen LogP contribution is -2.40. The molecule has 1 heterocycles. The highest BCUT2D eigenvalue weighted by Crippen LogP contribution is 2.20. The fourth-order valence-electron chi connectivity index (χ4n) is 1.38. The highest BCUT2D eigenvalue weighted by molar-refractivity contribution is 5.97.